The largest absolute Gasteiger partial charge is 0.369 e. The molecule has 2 amide bonds. The summed E-state index contributed by atoms with van der Waals surface area (Å²) in [4.78, 5) is 23.3. The van der Waals surface area contributed by atoms with Crippen LogP contribution in [0.3, 0.4) is 0 Å². The number of amides is 2. The van der Waals surface area contributed by atoms with Gasteiger partial charge in [-0.25, -0.2) is 4.68 Å². The smallest absolute Gasteiger partial charge is 0.244 e. The normalized spacial score (nSPS) is 11.7. The van der Waals surface area contributed by atoms with Crippen LogP contribution in [0.1, 0.15) is 30.7 Å². The van der Waals surface area contributed by atoms with Gasteiger partial charge in [0, 0.05) is 23.2 Å². The molecule has 27 heavy (non-hydrogen) atoms. The number of rotatable bonds is 7. The fourth-order valence-corrected chi connectivity index (χ4v) is 2.66. The highest BCUT2D eigenvalue weighted by Gasteiger charge is 2.25. The summed E-state index contributed by atoms with van der Waals surface area (Å²) in [5.41, 5.74) is 6.84. The van der Waals surface area contributed by atoms with Crippen LogP contribution in [0.25, 0.3) is 6.08 Å². The van der Waals surface area contributed by atoms with E-state index in [0.717, 1.165) is 5.56 Å². The zero-order chi connectivity index (χ0) is 20.2. The van der Waals surface area contributed by atoms with E-state index in [1.807, 2.05) is 19.1 Å². The second-order valence-electron chi connectivity index (χ2n) is 6.87. The molecule has 2 aromatic rings. The third kappa shape index (κ3) is 5.58. The van der Waals surface area contributed by atoms with Crippen LogP contribution in [-0.4, -0.2) is 28.1 Å². The van der Waals surface area contributed by atoms with Crippen molar-refractivity contribution in [3.63, 3.8) is 0 Å². The molecule has 3 N–H and O–H groups in total. The summed E-state index contributed by atoms with van der Waals surface area (Å²) < 4.78 is 1.66. The number of carbonyl (C=O) groups is 2. The number of nitrogens with one attached hydrogen (secondary N) is 1. The highest BCUT2D eigenvalue weighted by molar-refractivity contribution is 6.31. The first-order valence-electron chi connectivity index (χ1n) is 8.33. The molecule has 2 rings (SSSR count). The van der Waals surface area contributed by atoms with Crippen LogP contribution in [0.5, 0.6) is 0 Å². The number of hydrogen-bond acceptors (Lipinski definition) is 3. The summed E-state index contributed by atoms with van der Waals surface area (Å²) in [7, 11) is 0. The fraction of sp³-hybridized carbons (Fsp3) is 0.316. The van der Waals surface area contributed by atoms with Gasteiger partial charge in [0.1, 0.15) is 5.15 Å². The first-order chi connectivity index (χ1) is 12.6. The van der Waals surface area contributed by atoms with Gasteiger partial charge in [0.05, 0.1) is 17.7 Å². The maximum atomic E-state index is 12.0. The van der Waals surface area contributed by atoms with Crippen LogP contribution in [-0.2, 0) is 16.1 Å². The molecule has 0 aliphatic carbocycles. The van der Waals surface area contributed by atoms with Gasteiger partial charge >= 0.3 is 0 Å². The molecule has 1 aromatic heterocycles. The van der Waals surface area contributed by atoms with E-state index in [4.69, 9.17) is 28.9 Å². The van der Waals surface area contributed by atoms with Crippen LogP contribution >= 0.6 is 23.2 Å². The Kier molecular flexibility index (Phi) is 6.68. The summed E-state index contributed by atoms with van der Waals surface area (Å²) in [6.45, 7) is 5.79. The molecule has 8 heteroatoms. The minimum atomic E-state index is -0.819. The maximum absolute atomic E-state index is 12.0. The van der Waals surface area contributed by atoms with Crippen molar-refractivity contribution in [1.29, 1.82) is 0 Å². The molecule has 0 unspecified atom stereocenters. The van der Waals surface area contributed by atoms with Gasteiger partial charge in [-0.1, -0.05) is 35.3 Å². The molecule has 0 radical (unpaired) electrons. The van der Waals surface area contributed by atoms with E-state index in [0.29, 0.717) is 28.0 Å². The molecule has 144 valence electrons. The van der Waals surface area contributed by atoms with Gasteiger partial charge in [0.15, 0.2) is 0 Å². The lowest BCUT2D eigenvalue weighted by Crippen LogP contribution is -2.41. The number of carbonyl (C=O) groups excluding carboxylic acids is 2. The topological polar surface area (TPSA) is 90.0 Å². The van der Waals surface area contributed by atoms with Crippen molar-refractivity contribution in [2.75, 3.05) is 6.54 Å². The molecular formula is C19H22Cl2N4O2. The van der Waals surface area contributed by atoms with Gasteiger partial charge < -0.3 is 11.1 Å². The minimum absolute atomic E-state index is 0.147. The predicted molar refractivity (Wildman–Crippen MR) is 108 cm³/mol. The Labute approximate surface area is 168 Å². The maximum Gasteiger partial charge on any atom is 0.244 e. The average Bonchev–Trinajstić information content (AvgIpc) is 2.86. The number of nitrogens with two attached hydrogens (primary N) is 1. The molecule has 6 nitrogen and oxygen atoms in total. The Morgan fingerprint density at radius 2 is 1.89 bits per heavy atom. The van der Waals surface area contributed by atoms with Crippen molar-refractivity contribution in [1.82, 2.24) is 15.1 Å². The third-order valence-electron chi connectivity index (χ3n) is 4.13. The van der Waals surface area contributed by atoms with E-state index < -0.39 is 11.3 Å². The quantitative estimate of drug-likeness (QED) is 0.689. The zero-order valence-electron chi connectivity index (χ0n) is 15.4. The van der Waals surface area contributed by atoms with Crippen molar-refractivity contribution in [2.45, 2.75) is 27.3 Å². The number of aromatic nitrogens is 2. The Hall–Kier alpha value is -2.31. The minimum Gasteiger partial charge on any atom is -0.369 e. The third-order valence-corrected chi connectivity index (χ3v) is 4.78. The number of nitrogens with zero attached hydrogens (tertiary/aromatic N) is 2. The molecule has 0 aliphatic rings. The molecule has 0 fully saturated rings. The summed E-state index contributed by atoms with van der Waals surface area (Å²) >= 11 is 12.3. The fourth-order valence-electron chi connectivity index (χ4n) is 2.24. The van der Waals surface area contributed by atoms with Crippen molar-refractivity contribution in [3.05, 3.63) is 57.3 Å². The first-order valence-corrected chi connectivity index (χ1v) is 9.09. The highest BCUT2D eigenvalue weighted by Crippen LogP contribution is 2.22. The van der Waals surface area contributed by atoms with Crippen LogP contribution < -0.4 is 11.1 Å². The van der Waals surface area contributed by atoms with Crippen molar-refractivity contribution in [2.24, 2.45) is 11.1 Å². The molecule has 0 spiro atoms. The van der Waals surface area contributed by atoms with Gasteiger partial charge in [-0.3, -0.25) is 9.59 Å². The first kappa shape index (κ1) is 21.0. The van der Waals surface area contributed by atoms with Gasteiger partial charge in [-0.05, 0) is 44.5 Å². The number of aryl methyl sites for hydroxylation is 1. The molecule has 1 heterocycles. The summed E-state index contributed by atoms with van der Waals surface area (Å²) in [5, 5.41) is 8.17. The van der Waals surface area contributed by atoms with Crippen LogP contribution in [0.15, 0.2) is 30.3 Å². The van der Waals surface area contributed by atoms with E-state index in [1.165, 1.54) is 6.08 Å². The monoisotopic (exact) mass is 408 g/mol. The average molecular weight is 409 g/mol. The predicted octanol–water partition coefficient (Wildman–Crippen LogP) is 3.19. The molecule has 0 saturated carbocycles. The molecular weight excluding hydrogens is 387 g/mol. The van der Waals surface area contributed by atoms with E-state index in [9.17, 15) is 9.59 Å². The standard InChI is InChI=1S/C19H22Cl2N4O2/c1-12-15(8-9-16(26)23-11-19(2,3)18(22)27)17(21)25(24-12)10-13-4-6-14(20)7-5-13/h4-9H,10-11H2,1-3H3,(H2,22,27)(H,23,26)/b9-8+. The number of benzene rings is 1. The zero-order valence-corrected chi connectivity index (χ0v) is 16.9. The lowest BCUT2D eigenvalue weighted by molar-refractivity contribution is -0.126. The lowest BCUT2D eigenvalue weighted by Gasteiger charge is -2.19. The van der Waals surface area contributed by atoms with Crippen molar-refractivity contribution < 1.29 is 9.59 Å². The molecule has 0 saturated heterocycles. The Morgan fingerprint density at radius 1 is 1.26 bits per heavy atom. The van der Waals surface area contributed by atoms with Crippen molar-refractivity contribution in [3.8, 4) is 0 Å². The van der Waals surface area contributed by atoms with E-state index in [-0.39, 0.29) is 12.5 Å². The van der Waals surface area contributed by atoms with E-state index >= 15 is 0 Å². The molecule has 0 aliphatic heterocycles. The van der Waals surface area contributed by atoms with E-state index in [2.05, 4.69) is 10.4 Å². The summed E-state index contributed by atoms with van der Waals surface area (Å²) in [6, 6.07) is 7.41. The Morgan fingerprint density at radius 3 is 2.48 bits per heavy atom. The number of halogens is 2. The number of primary amides is 1. The highest BCUT2D eigenvalue weighted by atomic mass is 35.5. The van der Waals surface area contributed by atoms with Gasteiger partial charge in [0.2, 0.25) is 11.8 Å². The van der Waals surface area contributed by atoms with Crippen LogP contribution in [0.2, 0.25) is 10.2 Å². The second-order valence-corrected chi connectivity index (χ2v) is 7.67. The van der Waals surface area contributed by atoms with Gasteiger partial charge in [0.25, 0.3) is 0 Å². The molecule has 1 aromatic carbocycles. The van der Waals surface area contributed by atoms with Gasteiger partial charge in [-0.2, -0.15) is 5.10 Å². The second kappa shape index (κ2) is 8.59. The van der Waals surface area contributed by atoms with Gasteiger partial charge in [-0.15, -0.1) is 0 Å². The molecule has 0 atom stereocenters. The summed E-state index contributed by atoms with van der Waals surface area (Å²) in [6.07, 6.45) is 2.97. The number of hydrogen-bond donors (Lipinski definition) is 2. The van der Waals surface area contributed by atoms with E-state index in [1.54, 1.807) is 36.7 Å². The SMILES string of the molecule is Cc1nn(Cc2ccc(Cl)cc2)c(Cl)c1/C=C/C(=O)NCC(C)(C)C(N)=O. The van der Waals surface area contributed by atoms with Crippen molar-refractivity contribution >= 4 is 41.1 Å². The lowest BCUT2D eigenvalue weighted by atomic mass is 9.93. The van der Waals surface area contributed by atoms with Crippen LogP contribution in [0.4, 0.5) is 0 Å². The molecule has 0 bridgehead atoms. The Bertz CT molecular complexity index is 871. The summed E-state index contributed by atoms with van der Waals surface area (Å²) in [5.74, 6) is -0.820. The van der Waals surface area contributed by atoms with Crippen LogP contribution in [0, 0.1) is 12.3 Å². The Balaban J connectivity index is 2.07.